The lowest BCUT2D eigenvalue weighted by atomic mass is 9.87. The number of carbonyl (C=O) groups is 2. The molecule has 1 aliphatic carbocycles. The third kappa shape index (κ3) is 7.80. The number of ketones is 1. The average Bonchev–Trinajstić information content (AvgIpc) is 3.00. The van der Waals surface area contributed by atoms with Gasteiger partial charge in [0.05, 0.1) is 30.7 Å². The Morgan fingerprint density at radius 2 is 1.70 bits per heavy atom. The van der Waals surface area contributed by atoms with Crippen molar-refractivity contribution in [2.75, 3.05) is 46.6 Å². The zero-order valence-electron chi connectivity index (χ0n) is 26.5. The van der Waals surface area contributed by atoms with Crippen LogP contribution in [0.25, 0.3) is 33.4 Å². The van der Waals surface area contributed by atoms with E-state index in [1.807, 2.05) is 33.0 Å². The van der Waals surface area contributed by atoms with Crippen LogP contribution in [0.15, 0.2) is 51.9 Å². The SMILES string of the molecule is CCCc1cc2oc3cc(=NCC)c(C)cc-3c(-c3cc(C(=O)CCCOCCOCCNC)ccc3C(=O)O)c2cc1C. The van der Waals surface area contributed by atoms with E-state index in [0.717, 1.165) is 52.4 Å². The van der Waals surface area contributed by atoms with Gasteiger partial charge < -0.3 is 24.3 Å². The molecule has 2 aliphatic rings. The average molecular weight is 601 g/mol. The Morgan fingerprint density at radius 1 is 0.932 bits per heavy atom. The van der Waals surface area contributed by atoms with Gasteiger partial charge in [-0.25, -0.2) is 4.79 Å². The predicted molar refractivity (Wildman–Crippen MR) is 174 cm³/mol. The lowest BCUT2D eigenvalue weighted by Crippen LogP contribution is -2.16. The lowest BCUT2D eigenvalue weighted by molar-refractivity contribution is 0.0475. The number of ether oxygens (including phenoxy) is 2. The Balaban J connectivity index is 1.76. The second-order valence-corrected chi connectivity index (χ2v) is 11.0. The smallest absolute Gasteiger partial charge is 0.336 e. The number of hydrogen-bond acceptors (Lipinski definition) is 7. The second-order valence-electron chi connectivity index (χ2n) is 11.0. The predicted octanol–water partition coefficient (Wildman–Crippen LogP) is 6.61. The van der Waals surface area contributed by atoms with Gasteiger partial charge in [0.2, 0.25) is 0 Å². The maximum atomic E-state index is 13.3. The van der Waals surface area contributed by atoms with Gasteiger partial charge in [0, 0.05) is 54.3 Å². The largest absolute Gasteiger partial charge is 0.478 e. The van der Waals surface area contributed by atoms with Crippen LogP contribution in [0.4, 0.5) is 0 Å². The maximum absolute atomic E-state index is 13.3. The summed E-state index contributed by atoms with van der Waals surface area (Å²) < 4.78 is 17.6. The molecule has 44 heavy (non-hydrogen) atoms. The van der Waals surface area contributed by atoms with Crippen LogP contribution in [0.3, 0.4) is 0 Å². The normalized spacial score (nSPS) is 12.0. The number of carbonyl (C=O) groups excluding carboxylic acids is 1. The first-order chi connectivity index (χ1) is 21.3. The summed E-state index contributed by atoms with van der Waals surface area (Å²) in [5, 5.41) is 14.9. The fraction of sp³-hybridized carbons (Fsp3) is 0.417. The summed E-state index contributed by atoms with van der Waals surface area (Å²) in [6.07, 6.45) is 2.75. The van der Waals surface area contributed by atoms with Crippen molar-refractivity contribution in [2.45, 2.75) is 53.4 Å². The van der Waals surface area contributed by atoms with Gasteiger partial charge >= 0.3 is 5.97 Å². The molecule has 8 nitrogen and oxygen atoms in total. The number of aromatic carboxylic acids is 1. The first-order valence-electron chi connectivity index (χ1n) is 15.5. The van der Waals surface area contributed by atoms with Crippen LogP contribution in [-0.2, 0) is 15.9 Å². The van der Waals surface area contributed by atoms with E-state index in [0.29, 0.717) is 68.3 Å². The lowest BCUT2D eigenvalue weighted by Gasteiger charge is -2.19. The molecule has 0 radical (unpaired) electrons. The molecule has 4 rings (SSSR count). The summed E-state index contributed by atoms with van der Waals surface area (Å²) >= 11 is 0. The molecule has 0 saturated carbocycles. The van der Waals surface area contributed by atoms with Crippen molar-refractivity contribution in [1.29, 1.82) is 0 Å². The summed E-state index contributed by atoms with van der Waals surface area (Å²) in [6.45, 7) is 11.7. The summed E-state index contributed by atoms with van der Waals surface area (Å²) in [4.78, 5) is 30.5. The molecule has 2 aromatic rings. The first-order valence-corrected chi connectivity index (χ1v) is 15.5. The van der Waals surface area contributed by atoms with E-state index < -0.39 is 5.97 Å². The number of nitrogens with zero attached hydrogens (tertiary/aromatic N) is 1. The van der Waals surface area contributed by atoms with Crippen LogP contribution in [0.1, 0.15) is 70.5 Å². The zero-order chi connectivity index (χ0) is 31.6. The van der Waals surface area contributed by atoms with Crippen molar-refractivity contribution in [2.24, 2.45) is 4.99 Å². The number of likely N-dealkylation sites (N-methyl/N-ethyl adjacent to an activating group) is 1. The quantitative estimate of drug-likeness (QED) is 0.0846. The van der Waals surface area contributed by atoms with Gasteiger partial charge in [-0.2, -0.15) is 0 Å². The van der Waals surface area contributed by atoms with Gasteiger partial charge in [-0.05, 0) is 93.2 Å². The maximum Gasteiger partial charge on any atom is 0.336 e. The Kier molecular flexibility index (Phi) is 11.8. The van der Waals surface area contributed by atoms with E-state index in [1.165, 1.54) is 11.6 Å². The molecule has 0 aromatic heterocycles. The first kappa shape index (κ1) is 33.1. The van der Waals surface area contributed by atoms with Crippen LogP contribution < -0.4 is 10.7 Å². The number of carboxylic acid groups (broad SMARTS) is 1. The Hall–Kier alpha value is -3.85. The van der Waals surface area contributed by atoms with E-state index >= 15 is 0 Å². The van der Waals surface area contributed by atoms with Gasteiger partial charge in [0.1, 0.15) is 11.3 Å². The number of rotatable bonds is 16. The van der Waals surface area contributed by atoms with E-state index in [4.69, 9.17) is 13.9 Å². The molecule has 234 valence electrons. The van der Waals surface area contributed by atoms with Crippen molar-refractivity contribution < 1.29 is 28.6 Å². The minimum atomic E-state index is -1.06. The molecule has 1 aliphatic heterocycles. The van der Waals surface area contributed by atoms with Crippen molar-refractivity contribution >= 4 is 22.7 Å². The number of aryl methyl sites for hydroxylation is 3. The molecule has 0 saturated heterocycles. The summed E-state index contributed by atoms with van der Waals surface area (Å²) in [7, 11) is 1.87. The summed E-state index contributed by atoms with van der Waals surface area (Å²) in [5.74, 6) is -0.496. The highest BCUT2D eigenvalue weighted by atomic mass is 16.5. The molecule has 0 amide bonds. The molecule has 2 aromatic carbocycles. The zero-order valence-corrected chi connectivity index (χ0v) is 26.5. The molecule has 1 heterocycles. The molecule has 2 N–H and O–H groups in total. The van der Waals surface area contributed by atoms with Gasteiger partial charge in [-0.1, -0.05) is 19.4 Å². The highest BCUT2D eigenvalue weighted by molar-refractivity contribution is 6.09. The number of fused-ring (bicyclic) bond motifs is 2. The van der Waals surface area contributed by atoms with E-state index in [2.05, 4.69) is 36.3 Å². The number of carboxylic acids is 1. The van der Waals surface area contributed by atoms with E-state index in [-0.39, 0.29) is 11.3 Å². The van der Waals surface area contributed by atoms with E-state index in [9.17, 15) is 14.7 Å². The topological polar surface area (TPSA) is 110 Å². The second kappa shape index (κ2) is 15.7. The summed E-state index contributed by atoms with van der Waals surface area (Å²) in [6, 6.07) is 13.0. The van der Waals surface area contributed by atoms with Gasteiger partial charge in [0.15, 0.2) is 5.78 Å². The number of hydrogen-bond donors (Lipinski definition) is 2. The molecular formula is C36H44N2O6. The highest BCUT2D eigenvalue weighted by Gasteiger charge is 2.24. The Bertz CT molecular complexity index is 1660. The Labute approximate surface area is 259 Å². The number of Topliss-reactive ketones (excluding diaryl/α,β-unsaturated/α-hetero) is 1. The van der Waals surface area contributed by atoms with Gasteiger partial charge in [-0.15, -0.1) is 0 Å². The van der Waals surface area contributed by atoms with Crippen LogP contribution in [0.5, 0.6) is 0 Å². The third-order valence-corrected chi connectivity index (χ3v) is 7.74. The molecule has 0 bridgehead atoms. The minimum absolute atomic E-state index is 0.0621. The van der Waals surface area contributed by atoms with Crippen LogP contribution in [0.2, 0.25) is 0 Å². The van der Waals surface area contributed by atoms with Gasteiger partial charge in [-0.3, -0.25) is 9.79 Å². The fourth-order valence-corrected chi connectivity index (χ4v) is 5.49. The van der Waals surface area contributed by atoms with E-state index in [1.54, 1.807) is 12.1 Å². The summed E-state index contributed by atoms with van der Waals surface area (Å²) in [5.41, 5.74) is 6.56. The molecule has 8 heteroatoms. The number of benzene rings is 3. The van der Waals surface area contributed by atoms with Crippen molar-refractivity contribution in [3.8, 4) is 22.5 Å². The Morgan fingerprint density at radius 3 is 2.41 bits per heavy atom. The molecular weight excluding hydrogens is 556 g/mol. The monoisotopic (exact) mass is 600 g/mol. The molecule has 0 atom stereocenters. The third-order valence-electron chi connectivity index (χ3n) is 7.74. The van der Waals surface area contributed by atoms with Crippen molar-refractivity contribution in [3.63, 3.8) is 0 Å². The number of nitrogens with one attached hydrogen (secondary N) is 1. The van der Waals surface area contributed by atoms with Crippen LogP contribution >= 0.6 is 0 Å². The van der Waals surface area contributed by atoms with Gasteiger partial charge in [0.25, 0.3) is 0 Å². The van der Waals surface area contributed by atoms with Crippen molar-refractivity contribution in [1.82, 2.24) is 5.32 Å². The highest BCUT2D eigenvalue weighted by Crippen LogP contribution is 2.43. The van der Waals surface area contributed by atoms with Crippen molar-refractivity contribution in [3.05, 3.63) is 75.6 Å². The minimum Gasteiger partial charge on any atom is -0.478 e. The standard InChI is InChI=1S/C36H44N2O6/c1-6-9-25-21-33-29(18-23(25)3)35(30-19-24(4)31(38-7-2)22-34(30)44-33)28-20-26(11-12-27(28)36(40)41)32(39)10-8-14-42-16-17-43-15-13-37-5/h11-12,18-22,37H,6-10,13-17H2,1-5H3,(H,40,41). The fourth-order valence-electron chi connectivity index (χ4n) is 5.49. The van der Waals surface area contributed by atoms with Crippen LogP contribution in [0, 0.1) is 13.8 Å². The van der Waals surface area contributed by atoms with Crippen LogP contribution in [-0.4, -0.2) is 63.4 Å². The molecule has 0 spiro atoms. The molecule has 0 fully saturated rings. The molecule has 0 unspecified atom stereocenters.